The van der Waals surface area contributed by atoms with Crippen LogP contribution < -0.4 is 10.6 Å². The lowest BCUT2D eigenvalue weighted by molar-refractivity contribution is 0.0776. The van der Waals surface area contributed by atoms with Crippen LogP contribution in [-0.2, 0) is 4.74 Å². The standard InChI is InChI=1S/C19H35N3O.HI/c1-3-20-17(21-14-18(8-4-9-18)12-13-23-2)22-15-19(10-5-11-19)16-6-7-16;/h16H,3-15H2,1-2H3,(H2,20,21,22);1H. The number of hydrogen-bond donors (Lipinski definition) is 2. The highest BCUT2D eigenvalue weighted by Gasteiger charge is 2.48. The summed E-state index contributed by atoms with van der Waals surface area (Å²) in [6, 6.07) is 0. The lowest BCUT2D eigenvalue weighted by Gasteiger charge is -2.43. The molecule has 0 aromatic carbocycles. The quantitative estimate of drug-likeness (QED) is 0.318. The van der Waals surface area contributed by atoms with Gasteiger partial charge in [0.2, 0.25) is 0 Å². The largest absolute Gasteiger partial charge is 0.385 e. The predicted octanol–water partition coefficient (Wildman–Crippen LogP) is 3.95. The average Bonchev–Trinajstić information content (AvgIpc) is 3.29. The zero-order valence-electron chi connectivity index (χ0n) is 15.5. The number of rotatable bonds is 9. The Morgan fingerprint density at radius 2 is 1.83 bits per heavy atom. The van der Waals surface area contributed by atoms with E-state index in [1.54, 1.807) is 7.11 Å². The number of aliphatic imine (C=N–C) groups is 1. The van der Waals surface area contributed by atoms with Gasteiger partial charge in [0, 0.05) is 33.4 Å². The van der Waals surface area contributed by atoms with Crippen molar-refractivity contribution in [3.05, 3.63) is 0 Å². The summed E-state index contributed by atoms with van der Waals surface area (Å²) in [5, 5.41) is 7.12. The van der Waals surface area contributed by atoms with Crippen LogP contribution in [0.1, 0.15) is 64.7 Å². The fourth-order valence-electron chi connectivity index (χ4n) is 4.39. The molecule has 0 bridgehead atoms. The molecule has 0 atom stereocenters. The summed E-state index contributed by atoms with van der Waals surface area (Å²) < 4.78 is 5.30. The molecule has 3 saturated carbocycles. The molecule has 5 heteroatoms. The molecule has 140 valence electrons. The molecule has 0 saturated heterocycles. The van der Waals surface area contributed by atoms with E-state index >= 15 is 0 Å². The molecule has 0 aliphatic heterocycles. The number of hydrogen-bond acceptors (Lipinski definition) is 2. The van der Waals surface area contributed by atoms with Gasteiger partial charge in [0.25, 0.3) is 0 Å². The fraction of sp³-hybridized carbons (Fsp3) is 0.947. The van der Waals surface area contributed by atoms with Crippen molar-refractivity contribution in [2.24, 2.45) is 21.7 Å². The predicted molar refractivity (Wildman–Crippen MR) is 111 cm³/mol. The molecular weight excluding hydrogens is 413 g/mol. The zero-order valence-corrected chi connectivity index (χ0v) is 17.9. The van der Waals surface area contributed by atoms with Crippen molar-refractivity contribution >= 4 is 29.9 Å². The molecule has 0 unspecified atom stereocenters. The number of nitrogens with one attached hydrogen (secondary N) is 2. The number of halogens is 1. The summed E-state index contributed by atoms with van der Waals surface area (Å²) in [6.45, 7) is 6.02. The van der Waals surface area contributed by atoms with Gasteiger partial charge in [-0.3, -0.25) is 4.99 Å². The number of guanidine groups is 1. The summed E-state index contributed by atoms with van der Waals surface area (Å²) in [5.41, 5.74) is 1.00. The maximum atomic E-state index is 5.30. The van der Waals surface area contributed by atoms with Gasteiger partial charge in [0.1, 0.15) is 0 Å². The second kappa shape index (κ2) is 9.06. The van der Waals surface area contributed by atoms with E-state index in [2.05, 4.69) is 17.6 Å². The first kappa shape index (κ1) is 20.3. The molecule has 24 heavy (non-hydrogen) atoms. The second-order valence-electron chi connectivity index (χ2n) is 8.14. The van der Waals surface area contributed by atoms with Gasteiger partial charge in [0.15, 0.2) is 5.96 Å². The number of ether oxygens (including phenoxy) is 1. The van der Waals surface area contributed by atoms with Crippen molar-refractivity contribution in [1.29, 1.82) is 0 Å². The van der Waals surface area contributed by atoms with Gasteiger partial charge in [-0.05, 0) is 68.6 Å². The Bertz CT molecular complexity index is 415. The van der Waals surface area contributed by atoms with Gasteiger partial charge >= 0.3 is 0 Å². The topological polar surface area (TPSA) is 45.7 Å². The molecule has 2 N–H and O–H groups in total. The van der Waals surface area contributed by atoms with Crippen LogP contribution in [0.15, 0.2) is 4.99 Å². The maximum absolute atomic E-state index is 5.30. The van der Waals surface area contributed by atoms with Crippen LogP contribution in [0.3, 0.4) is 0 Å². The van der Waals surface area contributed by atoms with Crippen molar-refractivity contribution in [1.82, 2.24) is 10.6 Å². The molecule has 3 aliphatic rings. The third-order valence-electron chi connectivity index (χ3n) is 6.57. The third-order valence-corrected chi connectivity index (χ3v) is 6.57. The smallest absolute Gasteiger partial charge is 0.191 e. The SMILES string of the molecule is CCNC(=NCC1(CCOC)CCC1)NCC1(C2CC2)CCC1.I. The van der Waals surface area contributed by atoms with E-state index in [1.807, 2.05) is 0 Å². The monoisotopic (exact) mass is 449 g/mol. The highest BCUT2D eigenvalue weighted by Crippen LogP contribution is 2.56. The lowest BCUT2D eigenvalue weighted by Crippen LogP contribution is -2.48. The second-order valence-corrected chi connectivity index (χ2v) is 8.14. The van der Waals surface area contributed by atoms with Gasteiger partial charge in [0.05, 0.1) is 0 Å². The molecule has 3 fully saturated rings. The summed E-state index contributed by atoms with van der Waals surface area (Å²) in [5.74, 6) is 2.02. The summed E-state index contributed by atoms with van der Waals surface area (Å²) in [7, 11) is 1.80. The molecule has 3 rings (SSSR count). The summed E-state index contributed by atoms with van der Waals surface area (Å²) in [6.07, 6.45) is 12.3. The summed E-state index contributed by atoms with van der Waals surface area (Å²) >= 11 is 0. The average molecular weight is 449 g/mol. The molecule has 3 aliphatic carbocycles. The van der Waals surface area contributed by atoms with Crippen LogP contribution in [0.2, 0.25) is 0 Å². The van der Waals surface area contributed by atoms with Gasteiger partial charge in [-0.25, -0.2) is 0 Å². The van der Waals surface area contributed by atoms with Crippen molar-refractivity contribution in [3.63, 3.8) is 0 Å². The number of nitrogens with zero attached hydrogens (tertiary/aromatic N) is 1. The molecular formula is C19H36IN3O. The Labute approximate surface area is 165 Å². The first-order valence-electron chi connectivity index (χ1n) is 9.73. The van der Waals surface area contributed by atoms with Crippen molar-refractivity contribution in [2.45, 2.75) is 64.7 Å². The number of methoxy groups -OCH3 is 1. The van der Waals surface area contributed by atoms with Crippen molar-refractivity contribution in [2.75, 3.05) is 33.4 Å². The first-order chi connectivity index (χ1) is 11.2. The van der Waals surface area contributed by atoms with Gasteiger partial charge < -0.3 is 15.4 Å². The molecule has 4 nitrogen and oxygen atoms in total. The van der Waals surface area contributed by atoms with Crippen LogP contribution >= 0.6 is 24.0 Å². The minimum Gasteiger partial charge on any atom is -0.385 e. The van der Waals surface area contributed by atoms with E-state index in [1.165, 1.54) is 51.4 Å². The highest BCUT2D eigenvalue weighted by molar-refractivity contribution is 14.0. The Hall–Kier alpha value is -0.0400. The van der Waals surface area contributed by atoms with E-state index in [0.717, 1.165) is 44.5 Å². The fourth-order valence-corrected chi connectivity index (χ4v) is 4.39. The molecule has 0 aromatic heterocycles. The minimum atomic E-state index is 0. The summed E-state index contributed by atoms with van der Waals surface area (Å²) in [4.78, 5) is 4.94. The van der Waals surface area contributed by atoms with Crippen LogP contribution in [0.25, 0.3) is 0 Å². The Kier molecular flexibility index (Phi) is 7.65. The molecule has 0 amide bonds. The third kappa shape index (κ3) is 4.77. The van der Waals surface area contributed by atoms with E-state index in [-0.39, 0.29) is 24.0 Å². The Morgan fingerprint density at radius 3 is 2.29 bits per heavy atom. The zero-order chi connectivity index (χ0) is 16.2. The van der Waals surface area contributed by atoms with E-state index in [0.29, 0.717) is 10.8 Å². The minimum absolute atomic E-state index is 0. The van der Waals surface area contributed by atoms with Gasteiger partial charge in [-0.2, -0.15) is 0 Å². The van der Waals surface area contributed by atoms with Crippen LogP contribution in [-0.4, -0.2) is 39.3 Å². The van der Waals surface area contributed by atoms with Crippen molar-refractivity contribution < 1.29 is 4.74 Å². The van der Waals surface area contributed by atoms with E-state index in [9.17, 15) is 0 Å². The molecule has 0 spiro atoms. The van der Waals surface area contributed by atoms with Gasteiger partial charge in [-0.1, -0.05) is 12.8 Å². The molecule has 0 aromatic rings. The lowest BCUT2D eigenvalue weighted by atomic mass is 9.65. The van der Waals surface area contributed by atoms with Crippen LogP contribution in [0, 0.1) is 16.7 Å². The first-order valence-corrected chi connectivity index (χ1v) is 9.73. The molecule has 0 radical (unpaired) electrons. The molecule has 0 heterocycles. The Balaban J connectivity index is 0.00000208. The van der Waals surface area contributed by atoms with Crippen LogP contribution in [0.5, 0.6) is 0 Å². The maximum Gasteiger partial charge on any atom is 0.191 e. The highest BCUT2D eigenvalue weighted by atomic mass is 127. The normalized spacial score (nSPS) is 24.3. The van der Waals surface area contributed by atoms with Crippen molar-refractivity contribution in [3.8, 4) is 0 Å². The van der Waals surface area contributed by atoms with E-state index in [4.69, 9.17) is 9.73 Å². The van der Waals surface area contributed by atoms with Crippen LogP contribution in [0.4, 0.5) is 0 Å². The Morgan fingerprint density at radius 1 is 1.12 bits per heavy atom. The van der Waals surface area contributed by atoms with E-state index < -0.39 is 0 Å². The van der Waals surface area contributed by atoms with Gasteiger partial charge in [-0.15, -0.1) is 24.0 Å².